The van der Waals surface area contributed by atoms with Crippen LogP contribution in [0, 0.1) is 5.92 Å². The van der Waals surface area contributed by atoms with Gasteiger partial charge in [-0.1, -0.05) is 11.3 Å². The van der Waals surface area contributed by atoms with Crippen molar-refractivity contribution in [3.05, 3.63) is 52.1 Å². The lowest BCUT2D eigenvalue weighted by molar-refractivity contribution is -0.120. The third kappa shape index (κ3) is 4.50. The number of carbonyl (C=O) groups is 1. The molecule has 0 saturated carbocycles. The summed E-state index contributed by atoms with van der Waals surface area (Å²) in [7, 11) is -3.56. The lowest BCUT2D eigenvalue weighted by atomic mass is 9.97. The van der Waals surface area contributed by atoms with Gasteiger partial charge in [0.05, 0.1) is 15.1 Å². The van der Waals surface area contributed by atoms with Crippen molar-refractivity contribution in [2.24, 2.45) is 5.92 Å². The van der Waals surface area contributed by atoms with Gasteiger partial charge in [0.25, 0.3) is 0 Å². The van der Waals surface area contributed by atoms with E-state index in [4.69, 9.17) is 0 Å². The highest BCUT2D eigenvalue weighted by molar-refractivity contribution is 7.98. The average Bonchev–Trinajstić information content (AvgIpc) is 3.13. The van der Waals surface area contributed by atoms with Crippen LogP contribution in [0.4, 0.5) is 5.69 Å². The second-order valence-electron chi connectivity index (χ2n) is 7.64. The average molecular weight is 492 g/mol. The minimum atomic E-state index is -3.56. The van der Waals surface area contributed by atoms with E-state index in [1.54, 1.807) is 46.7 Å². The van der Waals surface area contributed by atoms with Crippen molar-refractivity contribution in [3.63, 3.8) is 0 Å². The molecule has 1 amide bonds. The van der Waals surface area contributed by atoms with Crippen LogP contribution in [0.25, 0.3) is 10.2 Å². The fourth-order valence-corrected chi connectivity index (χ4v) is 6.82. The van der Waals surface area contributed by atoms with Crippen LogP contribution in [0.1, 0.15) is 19.8 Å². The molecule has 32 heavy (non-hydrogen) atoms. The number of hydrogen-bond acceptors (Lipinski definition) is 6. The fourth-order valence-electron chi connectivity index (χ4n) is 3.94. The van der Waals surface area contributed by atoms with E-state index in [1.165, 1.54) is 4.31 Å². The molecule has 0 atom stereocenters. The summed E-state index contributed by atoms with van der Waals surface area (Å²) in [6, 6.07) is 12.4. The Hall–Kier alpha value is -2.14. The minimum absolute atomic E-state index is 0.0114. The van der Waals surface area contributed by atoms with Gasteiger partial charge in [-0.25, -0.2) is 8.42 Å². The first-order valence-corrected chi connectivity index (χ1v) is 13.9. The highest BCUT2D eigenvalue weighted by atomic mass is 32.2. The summed E-state index contributed by atoms with van der Waals surface area (Å²) >= 11 is 2.73. The number of thiazole rings is 1. The summed E-state index contributed by atoms with van der Waals surface area (Å²) in [6.45, 7) is 3.15. The third-order valence-corrected chi connectivity index (χ3v) is 9.37. The van der Waals surface area contributed by atoms with Gasteiger partial charge >= 0.3 is 4.87 Å². The zero-order valence-corrected chi connectivity index (χ0v) is 20.4. The molecule has 170 valence electrons. The highest BCUT2D eigenvalue weighted by Gasteiger charge is 2.32. The van der Waals surface area contributed by atoms with Crippen LogP contribution in [-0.4, -0.2) is 42.5 Å². The van der Waals surface area contributed by atoms with Gasteiger partial charge in [0, 0.05) is 36.1 Å². The van der Waals surface area contributed by atoms with Gasteiger partial charge in [-0.3, -0.25) is 14.2 Å². The summed E-state index contributed by atoms with van der Waals surface area (Å²) in [6.07, 6.45) is 2.88. The number of aromatic nitrogens is 1. The van der Waals surface area contributed by atoms with Crippen LogP contribution in [-0.2, 0) is 21.4 Å². The van der Waals surface area contributed by atoms with Crippen molar-refractivity contribution in [2.75, 3.05) is 24.7 Å². The molecule has 2 heterocycles. The Bertz CT molecular complexity index is 1290. The van der Waals surface area contributed by atoms with Crippen molar-refractivity contribution in [1.82, 2.24) is 8.87 Å². The van der Waals surface area contributed by atoms with Gasteiger partial charge in [0.15, 0.2) is 0 Å². The van der Waals surface area contributed by atoms with Crippen molar-refractivity contribution in [1.29, 1.82) is 0 Å². The largest absolute Gasteiger partial charge is 0.326 e. The molecule has 1 N–H and O–H groups in total. The van der Waals surface area contributed by atoms with E-state index in [1.807, 2.05) is 25.3 Å². The number of rotatable bonds is 6. The van der Waals surface area contributed by atoms with Gasteiger partial charge in [-0.15, -0.1) is 11.8 Å². The molecule has 4 rings (SSSR count). The number of nitrogens with zero attached hydrogens (tertiary/aromatic N) is 2. The SMILES string of the molecule is CCn1c(=O)sc2cc(NC(=O)C3CCN(S(=O)(=O)c4ccc(SC)cc4)CC3)ccc21. The first-order valence-electron chi connectivity index (χ1n) is 10.4. The Labute approximate surface area is 195 Å². The quantitative estimate of drug-likeness (QED) is 0.529. The Morgan fingerprint density at radius 3 is 2.47 bits per heavy atom. The number of fused-ring (bicyclic) bond motifs is 1. The summed E-state index contributed by atoms with van der Waals surface area (Å²) in [4.78, 5) is 26.1. The van der Waals surface area contributed by atoms with E-state index in [0.717, 1.165) is 26.4 Å². The monoisotopic (exact) mass is 491 g/mol. The summed E-state index contributed by atoms with van der Waals surface area (Å²) in [5, 5.41) is 2.93. The number of aryl methyl sites for hydroxylation is 1. The molecular weight excluding hydrogens is 466 g/mol. The lowest BCUT2D eigenvalue weighted by Crippen LogP contribution is -2.41. The van der Waals surface area contributed by atoms with Crippen molar-refractivity contribution in [2.45, 2.75) is 36.1 Å². The maximum absolute atomic E-state index is 12.9. The lowest BCUT2D eigenvalue weighted by Gasteiger charge is -2.30. The van der Waals surface area contributed by atoms with E-state index < -0.39 is 10.0 Å². The fraction of sp³-hybridized carbons (Fsp3) is 0.364. The molecule has 0 aliphatic carbocycles. The van der Waals surface area contributed by atoms with Crippen LogP contribution in [0.3, 0.4) is 0 Å². The molecule has 7 nitrogen and oxygen atoms in total. The maximum Gasteiger partial charge on any atom is 0.308 e. The smallest absolute Gasteiger partial charge is 0.308 e. The number of piperidine rings is 1. The number of nitrogens with one attached hydrogen (secondary N) is 1. The standard InChI is InChI=1S/C22H25N3O4S3/c1-3-25-19-9-4-16(14-20(19)31-22(25)27)23-21(26)15-10-12-24(13-11-15)32(28,29)18-7-5-17(30-2)6-8-18/h4-9,14-15H,3,10-13H2,1-2H3,(H,23,26). The van der Waals surface area contributed by atoms with E-state index in [9.17, 15) is 18.0 Å². The molecule has 1 fully saturated rings. The van der Waals surface area contributed by atoms with Crippen LogP contribution in [0.2, 0.25) is 0 Å². The Morgan fingerprint density at radius 1 is 1.16 bits per heavy atom. The summed E-state index contributed by atoms with van der Waals surface area (Å²) < 4.78 is 29.9. The molecule has 1 saturated heterocycles. The van der Waals surface area contributed by atoms with Crippen molar-refractivity contribution >= 4 is 54.9 Å². The predicted molar refractivity (Wildman–Crippen MR) is 130 cm³/mol. The Morgan fingerprint density at radius 2 is 1.84 bits per heavy atom. The van der Waals surface area contributed by atoms with Gasteiger partial charge < -0.3 is 5.32 Å². The van der Waals surface area contributed by atoms with Gasteiger partial charge in [0.2, 0.25) is 15.9 Å². The molecule has 0 radical (unpaired) electrons. The second-order valence-corrected chi connectivity index (χ2v) is 11.4. The topological polar surface area (TPSA) is 88.5 Å². The number of thioether (sulfide) groups is 1. The Kier molecular flexibility index (Phi) is 6.75. The molecule has 0 bridgehead atoms. The van der Waals surface area contributed by atoms with Gasteiger partial charge in [0.1, 0.15) is 0 Å². The van der Waals surface area contributed by atoms with Crippen LogP contribution in [0.5, 0.6) is 0 Å². The number of hydrogen-bond donors (Lipinski definition) is 1. The zero-order chi connectivity index (χ0) is 22.9. The normalized spacial score (nSPS) is 15.8. The third-order valence-electron chi connectivity index (χ3n) is 5.77. The molecule has 2 aromatic carbocycles. The molecule has 1 aromatic heterocycles. The molecular formula is C22H25N3O4S3. The Balaban J connectivity index is 1.40. The van der Waals surface area contributed by atoms with Crippen molar-refractivity contribution in [3.8, 4) is 0 Å². The first kappa shape index (κ1) is 23.0. The van der Waals surface area contributed by atoms with Crippen LogP contribution < -0.4 is 10.2 Å². The molecule has 0 unspecified atom stereocenters. The molecule has 1 aliphatic rings. The second kappa shape index (κ2) is 9.38. The number of sulfonamides is 1. The van der Waals surface area contributed by atoms with E-state index >= 15 is 0 Å². The highest BCUT2D eigenvalue weighted by Crippen LogP contribution is 2.27. The molecule has 0 spiro atoms. The van der Waals surface area contributed by atoms with Crippen LogP contribution in [0.15, 0.2) is 57.1 Å². The minimum Gasteiger partial charge on any atom is -0.326 e. The molecule has 3 aromatic rings. The maximum atomic E-state index is 12.9. The predicted octanol–water partition coefficient (Wildman–Crippen LogP) is 3.84. The summed E-state index contributed by atoms with van der Waals surface area (Å²) in [5.74, 6) is -0.372. The van der Waals surface area contributed by atoms with Crippen LogP contribution >= 0.6 is 23.1 Å². The molecule has 10 heteroatoms. The zero-order valence-electron chi connectivity index (χ0n) is 17.9. The molecule has 1 aliphatic heterocycles. The van der Waals surface area contributed by atoms with Gasteiger partial charge in [-0.2, -0.15) is 4.31 Å². The number of amides is 1. The van der Waals surface area contributed by atoms with Gasteiger partial charge in [-0.05, 0) is 68.5 Å². The van der Waals surface area contributed by atoms with E-state index in [2.05, 4.69) is 5.32 Å². The first-order chi connectivity index (χ1) is 15.3. The summed E-state index contributed by atoms with van der Waals surface area (Å²) in [5.41, 5.74) is 1.51. The number of benzene rings is 2. The van der Waals surface area contributed by atoms with E-state index in [0.29, 0.717) is 38.2 Å². The number of anilines is 1. The van der Waals surface area contributed by atoms with Crippen molar-refractivity contribution < 1.29 is 13.2 Å². The number of carbonyl (C=O) groups excluding carboxylic acids is 1. The van der Waals surface area contributed by atoms with E-state index in [-0.39, 0.29) is 21.6 Å².